The minimum atomic E-state index is -1.24. The number of aryl methyl sites for hydroxylation is 1. The lowest BCUT2D eigenvalue weighted by Crippen LogP contribution is -2.54. The third kappa shape index (κ3) is 7.98. The number of hydrogen-bond acceptors (Lipinski definition) is 6. The molecule has 3 aromatic rings. The SMILES string of the molecule is CCC(C)C(NC(=O)OC(C)(C)C)C(=O)N(CC#N)C(C(=O)Nc1ccc2ccccc2c1)c1ccc(O)c(C)c1. The first-order chi connectivity index (χ1) is 19.3. The quantitative estimate of drug-likeness (QED) is 0.283. The summed E-state index contributed by atoms with van der Waals surface area (Å²) in [6, 6.07) is 17.5. The largest absolute Gasteiger partial charge is 0.508 e. The van der Waals surface area contributed by atoms with E-state index in [1.807, 2.05) is 49.4 Å². The second kappa shape index (κ2) is 13.2. The van der Waals surface area contributed by atoms with Crippen LogP contribution in [0.15, 0.2) is 60.7 Å². The van der Waals surface area contributed by atoms with Gasteiger partial charge in [0, 0.05) is 5.69 Å². The second-order valence-electron chi connectivity index (χ2n) is 11.1. The summed E-state index contributed by atoms with van der Waals surface area (Å²) in [5.74, 6) is -1.45. The van der Waals surface area contributed by atoms with Gasteiger partial charge >= 0.3 is 6.09 Å². The predicted molar refractivity (Wildman–Crippen MR) is 158 cm³/mol. The van der Waals surface area contributed by atoms with Crippen LogP contribution < -0.4 is 10.6 Å². The number of anilines is 1. The van der Waals surface area contributed by atoms with Crippen molar-refractivity contribution in [2.24, 2.45) is 5.92 Å². The standard InChI is InChI=1S/C32H38N4O5/c1-7-20(2)27(35-31(40)41-32(4,5)6)30(39)36(17-16-33)28(24-13-15-26(37)21(3)18-24)29(38)34-25-14-12-22-10-8-9-11-23(22)19-25/h8-15,18-20,27-28,37H,7,17H2,1-6H3,(H,34,38)(H,35,40). The molecule has 0 saturated heterocycles. The highest BCUT2D eigenvalue weighted by Crippen LogP contribution is 2.29. The molecule has 0 aliphatic rings. The number of phenolic OH excluding ortho intramolecular Hbond substituents is 1. The summed E-state index contributed by atoms with van der Waals surface area (Å²) >= 11 is 0. The van der Waals surface area contributed by atoms with Crippen molar-refractivity contribution in [3.63, 3.8) is 0 Å². The highest BCUT2D eigenvalue weighted by Gasteiger charge is 2.38. The monoisotopic (exact) mass is 558 g/mol. The van der Waals surface area contributed by atoms with Crippen LogP contribution in [-0.2, 0) is 14.3 Å². The molecule has 9 heteroatoms. The van der Waals surface area contributed by atoms with Gasteiger partial charge in [0.25, 0.3) is 5.91 Å². The first kappa shape index (κ1) is 31.0. The van der Waals surface area contributed by atoms with Crippen molar-refractivity contribution < 1.29 is 24.2 Å². The van der Waals surface area contributed by atoms with E-state index in [0.29, 0.717) is 23.2 Å². The molecule has 3 rings (SSSR count). The van der Waals surface area contributed by atoms with E-state index in [1.54, 1.807) is 52.8 Å². The van der Waals surface area contributed by atoms with E-state index >= 15 is 0 Å². The van der Waals surface area contributed by atoms with Crippen LogP contribution >= 0.6 is 0 Å². The third-order valence-electron chi connectivity index (χ3n) is 6.79. The number of nitrogens with zero attached hydrogens (tertiary/aromatic N) is 2. The smallest absolute Gasteiger partial charge is 0.408 e. The van der Waals surface area contributed by atoms with E-state index in [1.165, 1.54) is 6.07 Å². The maximum absolute atomic E-state index is 14.1. The molecule has 0 aliphatic carbocycles. The highest BCUT2D eigenvalue weighted by molar-refractivity contribution is 6.00. The summed E-state index contributed by atoms with van der Waals surface area (Å²) in [5.41, 5.74) is 0.637. The average molecular weight is 559 g/mol. The topological polar surface area (TPSA) is 132 Å². The zero-order valence-corrected chi connectivity index (χ0v) is 24.4. The lowest BCUT2D eigenvalue weighted by atomic mass is 9.95. The minimum Gasteiger partial charge on any atom is -0.508 e. The van der Waals surface area contributed by atoms with E-state index in [9.17, 15) is 24.8 Å². The average Bonchev–Trinajstić information content (AvgIpc) is 2.91. The Hall–Kier alpha value is -4.58. The van der Waals surface area contributed by atoms with Crippen molar-refractivity contribution in [2.45, 2.75) is 65.6 Å². The number of fused-ring (bicyclic) bond motifs is 1. The molecule has 216 valence electrons. The summed E-state index contributed by atoms with van der Waals surface area (Å²) in [6.45, 7) is 10.1. The molecule has 3 unspecified atom stereocenters. The van der Waals surface area contributed by atoms with E-state index < -0.39 is 42.1 Å². The van der Waals surface area contributed by atoms with E-state index in [4.69, 9.17) is 4.74 Å². The normalized spacial score (nSPS) is 13.4. The number of nitriles is 1. The number of rotatable bonds is 9. The van der Waals surface area contributed by atoms with Gasteiger partial charge in [-0.2, -0.15) is 5.26 Å². The Bertz CT molecular complexity index is 1460. The molecular formula is C32H38N4O5. The summed E-state index contributed by atoms with van der Waals surface area (Å²) < 4.78 is 5.40. The Labute approximate surface area is 241 Å². The first-order valence-corrected chi connectivity index (χ1v) is 13.6. The number of amides is 3. The summed E-state index contributed by atoms with van der Waals surface area (Å²) in [5, 5.41) is 27.4. The molecule has 3 N–H and O–H groups in total. The van der Waals surface area contributed by atoms with Gasteiger partial charge < -0.3 is 25.4 Å². The summed E-state index contributed by atoms with van der Waals surface area (Å²) in [7, 11) is 0. The van der Waals surface area contributed by atoms with Gasteiger partial charge in [0.1, 0.15) is 30.0 Å². The summed E-state index contributed by atoms with van der Waals surface area (Å²) in [6.07, 6.45) is -0.232. The Morgan fingerprint density at radius 2 is 1.73 bits per heavy atom. The van der Waals surface area contributed by atoms with Gasteiger partial charge in [-0.15, -0.1) is 0 Å². The number of carbonyl (C=O) groups excluding carboxylic acids is 3. The fraction of sp³-hybridized carbons (Fsp3) is 0.375. The number of benzene rings is 3. The van der Waals surface area contributed by atoms with Gasteiger partial charge in [-0.1, -0.05) is 56.7 Å². The van der Waals surface area contributed by atoms with Crippen LogP contribution in [0.3, 0.4) is 0 Å². The Morgan fingerprint density at radius 3 is 2.34 bits per heavy atom. The molecule has 0 fully saturated rings. The van der Waals surface area contributed by atoms with Crippen LogP contribution in [0.5, 0.6) is 5.75 Å². The molecule has 9 nitrogen and oxygen atoms in total. The highest BCUT2D eigenvalue weighted by atomic mass is 16.6. The molecule has 41 heavy (non-hydrogen) atoms. The van der Waals surface area contributed by atoms with Crippen molar-refractivity contribution >= 4 is 34.4 Å². The van der Waals surface area contributed by atoms with E-state index in [-0.39, 0.29) is 11.7 Å². The van der Waals surface area contributed by atoms with Crippen LogP contribution in [0, 0.1) is 24.2 Å². The number of alkyl carbamates (subject to hydrolysis) is 1. The van der Waals surface area contributed by atoms with Gasteiger partial charge in [0.2, 0.25) is 5.91 Å². The van der Waals surface area contributed by atoms with Crippen molar-refractivity contribution in [2.75, 3.05) is 11.9 Å². The molecular weight excluding hydrogens is 520 g/mol. The van der Waals surface area contributed by atoms with Crippen LogP contribution in [-0.4, -0.2) is 46.1 Å². The van der Waals surface area contributed by atoms with Crippen molar-refractivity contribution in [1.29, 1.82) is 5.26 Å². The number of aromatic hydroxyl groups is 1. The Morgan fingerprint density at radius 1 is 1.05 bits per heavy atom. The molecule has 0 bridgehead atoms. The fourth-order valence-corrected chi connectivity index (χ4v) is 4.47. The molecule has 3 atom stereocenters. The number of nitrogens with one attached hydrogen (secondary N) is 2. The van der Waals surface area contributed by atoms with Crippen molar-refractivity contribution in [1.82, 2.24) is 10.2 Å². The molecule has 0 aliphatic heterocycles. The fourth-order valence-electron chi connectivity index (χ4n) is 4.47. The zero-order valence-electron chi connectivity index (χ0n) is 24.4. The Balaban J connectivity index is 2.05. The maximum atomic E-state index is 14.1. The van der Waals surface area contributed by atoms with Crippen LogP contribution in [0.25, 0.3) is 10.8 Å². The van der Waals surface area contributed by atoms with E-state index in [2.05, 4.69) is 10.6 Å². The van der Waals surface area contributed by atoms with E-state index in [0.717, 1.165) is 15.7 Å². The minimum absolute atomic E-state index is 0.0321. The molecule has 3 amide bonds. The third-order valence-corrected chi connectivity index (χ3v) is 6.79. The molecule has 0 aromatic heterocycles. The van der Waals surface area contributed by atoms with Crippen LogP contribution in [0.4, 0.5) is 10.5 Å². The molecule has 3 aromatic carbocycles. The zero-order chi connectivity index (χ0) is 30.3. The number of phenols is 1. The van der Waals surface area contributed by atoms with Gasteiger partial charge in [-0.3, -0.25) is 9.59 Å². The molecule has 0 radical (unpaired) electrons. The molecule has 0 spiro atoms. The number of carbonyl (C=O) groups is 3. The predicted octanol–water partition coefficient (Wildman–Crippen LogP) is 5.83. The molecule has 0 heterocycles. The van der Waals surface area contributed by atoms with Crippen molar-refractivity contribution in [3.8, 4) is 11.8 Å². The van der Waals surface area contributed by atoms with Crippen molar-refractivity contribution in [3.05, 3.63) is 71.8 Å². The molecule has 0 saturated carbocycles. The number of ether oxygens (including phenoxy) is 1. The van der Waals surface area contributed by atoms with Gasteiger partial charge in [0.05, 0.1) is 6.07 Å². The lowest BCUT2D eigenvalue weighted by molar-refractivity contribution is -0.141. The van der Waals surface area contributed by atoms with Crippen LogP contribution in [0.2, 0.25) is 0 Å². The Kier molecular flexibility index (Phi) is 9.95. The van der Waals surface area contributed by atoms with Crippen LogP contribution in [0.1, 0.15) is 58.2 Å². The van der Waals surface area contributed by atoms with Gasteiger partial charge in [-0.05, 0) is 79.8 Å². The second-order valence-corrected chi connectivity index (χ2v) is 11.1. The first-order valence-electron chi connectivity index (χ1n) is 13.6. The summed E-state index contributed by atoms with van der Waals surface area (Å²) in [4.78, 5) is 41.9. The lowest BCUT2D eigenvalue weighted by Gasteiger charge is -2.34. The van der Waals surface area contributed by atoms with Gasteiger partial charge in [-0.25, -0.2) is 4.79 Å². The maximum Gasteiger partial charge on any atom is 0.408 e. The number of hydrogen-bond donors (Lipinski definition) is 3. The van der Waals surface area contributed by atoms with Gasteiger partial charge in [0.15, 0.2) is 0 Å².